The minimum Gasteiger partial charge on any atom is -0.495 e. The Morgan fingerprint density at radius 1 is 1.10 bits per heavy atom. The molecule has 7 nitrogen and oxygen atoms in total. The Morgan fingerprint density at radius 2 is 1.79 bits per heavy atom. The first-order valence-corrected chi connectivity index (χ1v) is 11.0. The van der Waals surface area contributed by atoms with Gasteiger partial charge in [0.1, 0.15) is 16.4 Å². The van der Waals surface area contributed by atoms with E-state index >= 15 is 0 Å². The van der Waals surface area contributed by atoms with E-state index in [-0.39, 0.29) is 16.2 Å². The molecule has 1 amide bonds. The van der Waals surface area contributed by atoms with E-state index in [2.05, 4.69) is 5.32 Å². The van der Waals surface area contributed by atoms with Crippen LogP contribution in [0.2, 0.25) is 0 Å². The van der Waals surface area contributed by atoms with Gasteiger partial charge < -0.3 is 14.8 Å². The Hall–Kier alpha value is -2.58. The second-order valence-corrected chi connectivity index (χ2v) is 8.77. The third-order valence-electron chi connectivity index (χ3n) is 4.79. The fourth-order valence-electron chi connectivity index (χ4n) is 3.31. The molecule has 156 valence electrons. The van der Waals surface area contributed by atoms with Crippen LogP contribution in [-0.2, 0) is 10.0 Å². The standard InChI is InChI=1S/C21H26N2O5S/c1-4-28-19-10-8-16(14-20(19)29(25,26)23-11-5-6-12-23)21(24)22-17-13-15(2)7-9-18(17)27-3/h7-10,13-14H,4-6,11-12H2,1-3H3,(H,22,24). The molecule has 3 rings (SSSR count). The number of nitrogens with one attached hydrogen (secondary N) is 1. The van der Waals surface area contributed by atoms with E-state index < -0.39 is 15.9 Å². The molecule has 1 aliphatic rings. The molecule has 0 radical (unpaired) electrons. The van der Waals surface area contributed by atoms with E-state index in [1.54, 1.807) is 25.1 Å². The van der Waals surface area contributed by atoms with E-state index in [0.717, 1.165) is 18.4 Å². The molecule has 0 aromatic heterocycles. The van der Waals surface area contributed by atoms with Crippen molar-refractivity contribution in [2.75, 3.05) is 32.1 Å². The molecule has 0 aliphatic carbocycles. The van der Waals surface area contributed by atoms with Crippen LogP contribution in [0, 0.1) is 6.92 Å². The van der Waals surface area contributed by atoms with Crippen LogP contribution >= 0.6 is 0 Å². The number of sulfonamides is 1. The van der Waals surface area contributed by atoms with Gasteiger partial charge in [-0.2, -0.15) is 4.31 Å². The van der Waals surface area contributed by atoms with Crippen LogP contribution in [-0.4, -0.2) is 45.4 Å². The summed E-state index contributed by atoms with van der Waals surface area (Å²) < 4.78 is 38.5. The molecule has 2 aromatic carbocycles. The number of rotatable bonds is 7. The van der Waals surface area contributed by atoms with Crippen LogP contribution in [0.15, 0.2) is 41.3 Å². The van der Waals surface area contributed by atoms with Gasteiger partial charge in [0.05, 0.1) is 19.4 Å². The SMILES string of the molecule is CCOc1ccc(C(=O)Nc2cc(C)ccc2OC)cc1S(=O)(=O)N1CCCC1. The quantitative estimate of drug-likeness (QED) is 0.745. The smallest absolute Gasteiger partial charge is 0.255 e. The van der Waals surface area contributed by atoms with Crippen molar-refractivity contribution < 1.29 is 22.7 Å². The molecule has 1 heterocycles. The summed E-state index contributed by atoms with van der Waals surface area (Å²) in [6.07, 6.45) is 1.66. The van der Waals surface area contributed by atoms with Gasteiger partial charge >= 0.3 is 0 Å². The zero-order valence-corrected chi connectivity index (χ0v) is 17.7. The third-order valence-corrected chi connectivity index (χ3v) is 6.71. The molecule has 1 aliphatic heterocycles. The summed E-state index contributed by atoms with van der Waals surface area (Å²) in [5.74, 6) is 0.360. The Kier molecular flexibility index (Phi) is 6.44. The fraction of sp³-hybridized carbons (Fsp3) is 0.381. The second-order valence-electron chi connectivity index (χ2n) is 6.86. The summed E-state index contributed by atoms with van der Waals surface area (Å²) >= 11 is 0. The Bertz CT molecular complexity index is 998. The molecule has 29 heavy (non-hydrogen) atoms. The second kappa shape index (κ2) is 8.84. The third kappa shape index (κ3) is 4.54. The molecule has 0 bridgehead atoms. The van der Waals surface area contributed by atoms with E-state index in [0.29, 0.717) is 31.1 Å². The van der Waals surface area contributed by atoms with Crippen LogP contribution in [0.5, 0.6) is 11.5 Å². The van der Waals surface area contributed by atoms with Gasteiger partial charge in [-0.3, -0.25) is 4.79 Å². The number of carbonyl (C=O) groups excluding carboxylic acids is 1. The highest BCUT2D eigenvalue weighted by Gasteiger charge is 2.31. The first kappa shape index (κ1) is 21.1. The highest BCUT2D eigenvalue weighted by molar-refractivity contribution is 7.89. The molecular weight excluding hydrogens is 392 g/mol. The number of hydrogen-bond donors (Lipinski definition) is 1. The van der Waals surface area contributed by atoms with Crippen LogP contribution in [0.4, 0.5) is 5.69 Å². The van der Waals surface area contributed by atoms with Crippen molar-refractivity contribution in [2.24, 2.45) is 0 Å². The molecular formula is C21H26N2O5S. The van der Waals surface area contributed by atoms with Crippen molar-refractivity contribution in [2.45, 2.75) is 31.6 Å². The van der Waals surface area contributed by atoms with Gasteiger partial charge in [-0.1, -0.05) is 6.07 Å². The van der Waals surface area contributed by atoms with E-state index in [1.807, 2.05) is 13.0 Å². The van der Waals surface area contributed by atoms with Crippen molar-refractivity contribution in [1.82, 2.24) is 4.31 Å². The van der Waals surface area contributed by atoms with Crippen LogP contribution < -0.4 is 14.8 Å². The summed E-state index contributed by atoms with van der Waals surface area (Å²) in [7, 11) is -2.21. The number of aryl methyl sites for hydroxylation is 1. The maximum Gasteiger partial charge on any atom is 0.255 e. The van der Waals surface area contributed by atoms with Crippen molar-refractivity contribution in [3.05, 3.63) is 47.5 Å². The van der Waals surface area contributed by atoms with Crippen LogP contribution in [0.25, 0.3) is 0 Å². The van der Waals surface area contributed by atoms with Gasteiger partial charge in [0, 0.05) is 18.7 Å². The molecule has 1 N–H and O–H groups in total. The van der Waals surface area contributed by atoms with E-state index in [4.69, 9.17) is 9.47 Å². The highest BCUT2D eigenvalue weighted by atomic mass is 32.2. The highest BCUT2D eigenvalue weighted by Crippen LogP contribution is 2.31. The van der Waals surface area contributed by atoms with Crippen LogP contribution in [0.3, 0.4) is 0 Å². The van der Waals surface area contributed by atoms with Crippen LogP contribution in [0.1, 0.15) is 35.7 Å². The Labute approximate surface area is 171 Å². The summed E-state index contributed by atoms with van der Waals surface area (Å²) in [4.78, 5) is 12.9. The Morgan fingerprint density at radius 3 is 2.45 bits per heavy atom. The maximum absolute atomic E-state index is 13.1. The largest absolute Gasteiger partial charge is 0.495 e. The average molecular weight is 419 g/mol. The number of ether oxygens (including phenoxy) is 2. The molecule has 0 saturated carbocycles. The lowest BCUT2D eigenvalue weighted by atomic mass is 10.1. The molecule has 8 heteroatoms. The predicted molar refractivity (Wildman–Crippen MR) is 111 cm³/mol. The fourth-order valence-corrected chi connectivity index (χ4v) is 4.98. The van der Waals surface area contributed by atoms with Gasteiger partial charge in [0.2, 0.25) is 10.0 Å². The van der Waals surface area contributed by atoms with Gasteiger partial charge in [-0.05, 0) is 62.6 Å². The summed E-state index contributed by atoms with van der Waals surface area (Å²) in [6, 6.07) is 9.93. The number of hydrogen-bond acceptors (Lipinski definition) is 5. The zero-order chi connectivity index (χ0) is 21.0. The lowest BCUT2D eigenvalue weighted by Gasteiger charge is -2.19. The van der Waals surface area contributed by atoms with Crippen molar-refractivity contribution in [3.8, 4) is 11.5 Å². The minimum atomic E-state index is -3.74. The first-order valence-electron chi connectivity index (χ1n) is 9.59. The predicted octanol–water partition coefficient (Wildman–Crippen LogP) is 3.44. The monoisotopic (exact) mass is 418 g/mol. The van der Waals surface area contributed by atoms with Gasteiger partial charge in [-0.15, -0.1) is 0 Å². The lowest BCUT2D eigenvalue weighted by molar-refractivity contribution is 0.102. The maximum atomic E-state index is 13.1. The van der Waals surface area contributed by atoms with Crippen molar-refractivity contribution in [3.63, 3.8) is 0 Å². The number of benzene rings is 2. The van der Waals surface area contributed by atoms with Gasteiger partial charge in [0.15, 0.2) is 0 Å². The lowest BCUT2D eigenvalue weighted by Crippen LogP contribution is -2.28. The molecule has 1 saturated heterocycles. The number of carbonyl (C=O) groups is 1. The van der Waals surface area contributed by atoms with E-state index in [9.17, 15) is 13.2 Å². The number of anilines is 1. The number of amides is 1. The summed E-state index contributed by atoms with van der Waals surface area (Å²) in [5, 5.41) is 2.81. The van der Waals surface area contributed by atoms with Crippen molar-refractivity contribution >= 4 is 21.6 Å². The average Bonchev–Trinajstić information content (AvgIpc) is 3.24. The number of methoxy groups -OCH3 is 1. The minimum absolute atomic E-state index is 0.0186. The first-order chi connectivity index (χ1) is 13.9. The summed E-state index contributed by atoms with van der Waals surface area (Å²) in [5.41, 5.74) is 1.72. The normalized spacial score (nSPS) is 14.6. The number of nitrogens with zero attached hydrogens (tertiary/aromatic N) is 1. The molecule has 0 spiro atoms. The van der Waals surface area contributed by atoms with Crippen molar-refractivity contribution in [1.29, 1.82) is 0 Å². The molecule has 2 aromatic rings. The van der Waals surface area contributed by atoms with E-state index in [1.165, 1.54) is 23.5 Å². The molecule has 0 unspecified atom stereocenters. The molecule has 0 atom stereocenters. The Balaban J connectivity index is 1.96. The van der Waals surface area contributed by atoms with Gasteiger partial charge in [0.25, 0.3) is 5.91 Å². The topological polar surface area (TPSA) is 84.9 Å². The molecule has 1 fully saturated rings. The van der Waals surface area contributed by atoms with Gasteiger partial charge in [-0.25, -0.2) is 8.42 Å². The zero-order valence-electron chi connectivity index (χ0n) is 16.9. The summed E-state index contributed by atoms with van der Waals surface area (Å²) in [6.45, 7) is 4.98.